The first-order valence-electron chi connectivity index (χ1n) is 10.7. The van der Waals surface area contributed by atoms with Crippen molar-refractivity contribution in [3.63, 3.8) is 0 Å². The van der Waals surface area contributed by atoms with Gasteiger partial charge < -0.3 is 47.8 Å². The van der Waals surface area contributed by atoms with Gasteiger partial charge >= 0.3 is 17.6 Å². The molecule has 10 nitrogen and oxygen atoms in total. The van der Waals surface area contributed by atoms with Gasteiger partial charge in [-0.25, -0.2) is 0 Å². The predicted octanol–water partition coefficient (Wildman–Crippen LogP) is 0.725. The minimum Gasteiger partial charge on any atom is -0.377 e. The third-order valence-electron chi connectivity index (χ3n) is 4.97. The first-order valence-corrected chi connectivity index (χ1v) is 14.6. The fraction of sp³-hybridized carbons (Fsp3) is 1.00. The largest absolute Gasteiger partial charge is 0.500 e. The molecular weight excluding hydrogens is 495 g/mol. The van der Waals surface area contributed by atoms with Crippen LogP contribution in [0.5, 0.6) is 0 Å². The predicted molar refractivity (Wildman–Crippen MR) is 138 cm³/mol. The van der Waals surface area contributed by atoms with E-state index in [4.69, 9.17) is 26.6 Å². The van der Waals surface area contributed by atoms with Crippen LogP contribution >= 0.6 is 24.8 Å². The molecule has 0 amide bonds. The summed E-state index contributed by atoms with van der Waals surface area (Å²) in [5.41, 5.74) is 0. The normalized spacial score (nSPS) is 11.8. The molecule has 0 aromatic heterocycles. The molecule has 0 bridgehead atoms. The number of hydrogen-bond acceptors (Lipinski definition) is 10. The first-order chi connectivity index (χ1) is 14.6. The van der Waals surface area contributed by atoms with Gasteiger partial charge in [0.25, 0.3) is 0 Å². The Morgan fingerprint density at radius 3 is 0.844 bits per heavy atom. The van der Waals surface area contributed by atoms with Crippen LogP contribution in [0.2, 0.25) is 12.1 Å². The molecule has 198 valence electrons. The summed E-state index contributed by atoms with van der Waals surface area (Å²) in [6, 6.07) is 1.64. The average Bonchev–Trinajstić information content (AvgIpc) is 2.79. The first kappa shape index (κ1) is 37.2. The number of nitrogens with one attached hydrogen (secondary N) is 4. The zero-order chi connectivity index (χ0) is 22.6. The highest BCUT2D eigenvalue weighted by Crippen LogP contribution is 2.14. The van der Waals surface area contributed by atoms with Crippen LogP contribution in [0.1, 0.15) is 12.8 Å². The summed E-state index contributed by atoms with van der Waals surface area (Å²) in [7, 11) is 5.07. The van der Waals surface area contributed by atoms with Gasteiger partial charge in [-0.3, -0.25) is 0 Å². The van der Waals surface area contributed by atoms with Crippen LogP contribution in [0.25, 0.3) is 0 Å². The van der Waals surface area contributed by atoms with Crippen molar-refractivity contribution >= 4 is 42.4 Å². The van der Waals surface area contributed by atoms with Gasteiger partial charge in [0.15, 0.2) is 0 Å². The van der Waals surface area contributed by atoms with Crippen LogP contribution in [0.15, 0.2) is 0 Å². The summed E-state index contributed by atoms with van der Waals surface area (Å²) in [4.78, 5) is 0. The Bertz CT molecular complexity index is 341. The van der Waals surface area contributed by atoms with Crippen molar-refractivity contribution in [2.24, 2.45) is 0 Å². The molecule has 0 atom stereocenters. The molecule has 0 radical (unpaired) electrons. The Balaban J connectivity index is -0.00000420. The molecule has 14 heteroatoms. The highest BCUT2D eigenvalue weighted by molar-refractivity contribution is 6.60. The summed E-state index contributed by atoms with van der Waals surface area (Å²) < 4.78 is 32.5. The fourth-order valence-electron chi connectivity index (χ4n) is 3.00. The van der Waals surface area contributed by atoms with Crippen molar-refractivity contribution in [2.45, 2.75) is 24.9 Å². The molecule has 0 rings (SSSR count). The Morgan fingerprint density at radius 2 is 0.625 bits per heavy atom. The van der Waals surface area contributed by atoms with E-state index in [2.05, 4.69) is 21.3 Å². The SMILES string of the molecule is CO[Si](CCCNCCNCCNCCNCCC[Si](OC)(OC)OC)(OC)OC.Cl.Cl. The van der Waals surface area contributed by atoms with E-state index in [9.17, 15) is 0 Å². The lowest BCUT2D eigenvalue weighted by Gasteiger charge is -2.24. The van der Waals surface area contributed by atoms with Crippen LogP contribution in [0.3, 0.4) is 0 Å². The maximum atomic E-state index is 5.41. The van der Waals surface area contributed by atoms with Gasteiger partial charge in [0.2, 0.25) is 0 Å². The lowest BCUT2D eigenvalue weighted by atomic mass is 10.4. The van der Waals surface area contributed by atoms with E-state index in [0.29, 0.717) is 0 Å². The number of hydrogen-bond donors (Lipinski definition) is 4. The van der Waals surface area contributed by atoms with Crippen LogP contribution in [-0.2, 0) is 26.6 Å². The fourth-order valence-corrected chi connectivity index (χ4v) is 6.45. The van der Waals surface area contributed by atoms with E-state index in [-0.39, 0.29) is 24.8 Å². The zero-order valence-corrected chi connectivity index (χ0v) is 24.4. The van der Waals surface area contributed by atoms with E-state index < -0.39 is 17.6 Å². The van der Waals surface area contributed by atoms with E-state index >= 15 is 0 Å². The summed E-state index contributed by atoms with van der Waals surface area (Å²) in [5.74, 6) is 0. The summed E-state index contributed by atoms with van der Waals surface area (Å²) in [6.45, 7) is 7.56. The molecule has 0 aromatic carbocycles. The van der Waals surface area contributed by atoms with Crippen LogP contribution in [0.4, 0.5) is 0 Å². The summed E-state index contributed by atoms with van der Waals surface area (Å²) >= 11 is 0. The summed E-state index contributed by atoms with van der Waals surface area (Å²) in [6.07, 6.45) is 1.95. The van der Waals surface area contributed by atoms with E-state index in [1.807, 2.05) is 0 Å². The molecular formula is C18H48Cl2N4O6Si2. The van der Waals surface area contributed by atoms with Crippen molar-refractivity contribution in [3.05, 3.63) is 0 Å². The molecule has 0 aliphatic heterocycles. The molecule has 0 saturated carbocycles. The van der Waals surface area contributed by atoms with Crippen molar-refractivity contribution in [2.75, 3.05) is 95.0 Å². The van der Waals surface area contributed by atoms with Crippen LogP contribution < -0.4 is 21.3 Å². The Labute approximate surface area is 210 Å². The minimum absolute atomic E-state index is 0. The monoisotopic (exact) mass is 542 g/mol. The van der Waals surface area contributed by atoms with Crippen molar-refractivity contribution in [1.82, 2.24) is 21.3 Å². The minimum atomic E-state index is -2.42. The molecule has 0 saturated heterocycles. The molecule has 32 heavy (non-hydrogen) atoms. The second-order valence-electron chi connectivity index (χ2n) is 6.80. The van der Waals surface area contributed by atoms with Gasteiger partial charge in [-0.1, -0.05) is 0 Å². The van der Waals surface area contributed by atoms with Gasteiger partial charge in [-0.05, 0) is 25.9 Å². The highest BCUT2D eigenvalue weighted by atomic mass is 35.5. The zero-order valence-electron chi connectivity index (χ0n) is 20.8. The molecule has 0 spiro atoms. The second kappa shape index (κ2) is 24.7. The van der Waals surface area contributed by atoms with E-state index in [1.54, 1.807) is 42.7 Å². The molecule has 4 N–H and O–H groups in total. The third-order valence-corrected chi connectivity index (χ3v) is 10.6. The lowest BCUT2D eigenvalue weighted by Crippen LogP contribution is -2.43. The molecule has 0 aliphatic carbocycles. The van der Waals surface area contributed by atoms with Gasteiger partial charge in [-0.15, -0.1) is 24.8 Å². The van der Waals surface area contributed by atoms with Crippen molar-refractivity contribution in [3.8, 4) is 0 Å². The quantitative estimate of drug-likeness (QED) is 0.109. The van der Waals surface area contributed by atoms with Gasteiger partial charge in [0.05, 0.1) is 0 Å². The number of rotatable bonds is 23. The molecule has 0 fully saturated rings. The van der Waals surface area contributed by atoms with Gasteiger partial charge in [0, 0.05) is 94.0 Å². The molecule has 0 unspecified atom stereocenters. The van der Waals surface area contributed by atoms with Gasteiger partial charge in [-0.2, -0.15) is 0 Å². The van der Waals surface area contributed by atoms with E-state index in [1.165, 1.54) is 0 Å². The van der Waals surface area contributed by atoms with Crippen molar-refractivity contribution in [1.29, 1.82) is 0 Å². The van der Waals surface area contributed by atoms with Crippen LogP contribution in [0, 0.1) is 0 Å². The van der Waals surface area contributed by atoms with Crippen LogP contribution in [-0.4, -0.2) is 113 Å². The maximum Gasteiger partial charge on any atom is 0.500 e. The second-order valence-corrected chi connectivity index (χ2v) is 13.0. The van der Waals surface area contributed by atoms with E-state index in [0.717, 1.165) is 77.3 Å². The lowest BCUT2D eigenvalue weighted by molar-refractivity contribution is 0.122. The Morgan fingerprint density at radius 1 is 0.406 bits per heavy atom. The van der Waals surface area contributed by atoms with Crippen molar-refractivity contribution < 1.29 is 26.6 Å². The molecule has 0 aliphatic rings. The summed E-state index contributed by atoms with van der Waals surface area (Å²) in [5, 5.41) is 13.7. The third kappa shape index (κ3) is 17.1. The maximum absolute atomic E-state index is 5.41. The number of halogens is 2. The highest BCUT2D eigenvalue weighted by Gasteiger charge is 2.37. The standard InChI is InChI=1S/C18H46N4O6Si2.2ClH/c1-23-29(24-2,25-3)17-7-9-19-11-13-21-15-16-22-14-12-20-10-8-18-30(26-4,27-5)28-6;;/h19-22H,7-18H2,1-6H3;2*1H. The Hall–Kier alpha value is 0.614. The van der Waals surface area contributed by atoms with Gasteiger partial charge in [0.1, 0.15) is 0 Å². The molecule has 0 heterocycles. The Kier molecular flexibility index (Phi) is 28.7. The molecule has 0 aromatic rings. The smallest absolute Gasteiger partial charge is 0.377 e. The average molecular weight is 544 g/mol. The topological polar surface area (TPSA) is 104 Å².